The third kappa shape index (κ3) is 4.00. The predicted octanol–water partition coefficient (Wildman–Crippen LogP) is 3.80. The first-order valence-corrected chi connectivity index (χ1v) is 10.6. The maximum Gasteiger partial charge on any atom is 0.252 e. The summed E-state index contributed by atoms with van der Waals surface area (Å²) in [4.78, 5) is 26.7. The lowest BCUT2D eigenvalue weighted by molar-refractivity contribution is -0.117. The number of anilines is 2. The Hall–Kier alpha value is -3.35. The number of aromatic nitrogens is 2. The van der Waals surface area contributed by atoms with Crippen LogP contribution in [0, 0.1) is 5.41 Å². The molecule has 31 heavy (non-hydrogen) atoms. The first kappa shape index (κ1) is 20.9. The van der Waals surface area contributed by atoms with Crippen LogP contribution in [0.25, 0.3) is 5.52 Å². The number of nitrogens with zero attached hydrogens (tertiary/aromatic N) is 3. The highest BCUT2D eigenvalue weighted by Crippen LogP contribution is 2.35. The maximum absolute atomic E-state index is 12.8. The fourth-order valence-electron chi connectivity index (χ4n) is 3.87. The molecule has 2 amide bonds. The fraction of sp³-hybridized carbons (Fsp3) is 0.375. The zero-order chi connectivity index (χ0) is 22.3. The van der Waals surface area contributed by atoms with Gasteiger partial charge in [-0.15, -0.1) is 0 Å². The van der Waals surface area contributed by atoms with Crippen molar-refractivity contribution in [2.45, 2.75) is 46.1 Å². The van der Waals surface area contributed by atoms with Crippen molar-refractivity contribution in [2.24, 2.45) is 11.1 Å². The highest BCUT2D eigenvalue weighted by Gasteiger charge is 2.32. The molecule has 0 bridgehead atoms. The molecule has 0 saturated carbocycles. The van der Waals surface area contributed by atoms with Crippen molar-refractivity contribution in [1.29, 1.82) is 0 Å². The average molecular weight is 420 g/mol. The molecule has 2 atom stereocenters. The number of hydrogen-bond acceptors (Lipinski definition) is 4. The molecule has 1 aromatic carbocycles. The Morgan fingerprint density at radius 1 is 1.26 bits per heavy atom. The lowest BCUT2D eigenvalue weighted by atomic mass is 9.88. The number of benzene rings is 1. The molecule has 0 radical (unpaired) electrons. The smallest absolute Gasteiger partial charge is 0.252 e. The van der Waals surface area contributed by atoms with Crippen molar-refractivity contribution in [2.75, 3.05) is 16.8 Å². The standard InChI is InChI=1S/C24H29N5O2/c1-15(24(2,3)4)27-22-19(23(25)31)12-26-29-14-18(11-20(22)29)28-13-17(10-21(28)30)16-8-6-5-7-9-16/h5-9,11-12,14-15,17,27H,10,13H2,1-4H3,(H2,25,31)/t15-,17?/m1/s1. The summed E-state index contributed by atoms with van der Waals surface area (Å²) in [6.45, 7) is 9.07. The van der Waals surface area contributed by atoms with Crippen LogP contribution in [-0.2, 0) is 4.79 Å². The summed E-state index contributed by atoms with van der Waals surface area (Å²) in [6, 6.07) is 12.1. The van der Waals surface area contributed by atoms with E-state index in [2.05, 4.69) is 50.2 Å². The molecule has 1 unspecified atom stereocenters. The zero-order valence-electron chi connectivity index (χ0n) is 18.4. The molecule has 2 aromatic heterocycles. The van der Waals surface area contributed by atoms with Crippen LogP contribution in [0.3, 0.4) is 0 Å². The Morgan fingerprint density at radius 3 is 2.61 bits per heavy atom. The van der Waals surface area contributed by atoms with Crippen LogP contribution >= 0.6 is 0 Å². The second-order valence-electron chi connectivity index (χ2n) is 9.37. The molecule has 7 heteroatoms. The molecule has 1 saturated heterocycles. The average Bonchev–Trinajstić information content (AvgIpc) is 3.31. The lowest BCUT2D eigenvalue weighted by Crippen LogP contribution is -2.32. The number of nitrogens with two attached hydrogens (primary N) is 1. The highest BCUT2D eigenvalue weighted by atomic mass is 16.2. The van der Waals surface area contributed by atoms with Gasteiger partial charge >= 0.3 is 0 Å². The van der Waals surface area contributed by atoms with Gasteiger partial charge in [0.15, 0.2) is 0 Å². The molecular formula is C24H29N5O2. The molecule has 1 aliphatic heterocycles. The van der Waals surface area contributed by atoms with Crippen molar-refractivity contribution in [3.05, 3.63) is 59.9 Å². The van der Waals surface area contributed by atoms with Crippen molar-refractivity contribution in [1.82, 2.24) is 9.61 Å². The topological polar surface area (TPSA) is 92.7 Å². The summed E-state index contributed by atoms with van der Waals surface area (Å²) in [6.07, 6.45) is 3.79. The van der Waals surface area contributed by atoms with Gasteiger partial charge in [-0.2, -0.15) is 5.10 Å². The monoisotopic (exact) mass is 419 g/mol. The Morgan fingerprint density at radius 2 is 1.97 bits per heavy atom. The number of rotatable bonds is 5. The van der Waals surface area contributed by atoms with Gasteiger partial charge in [-0.25, -0.2) is 4.52 Å². The quantitative estimate of drug-likeness (QED) is 0.658. The van der Waals surface area contributed by atoms with E-state index in [1.54, 1.807) is 9.42 Å². The van der Waals surface area contributed by atoms with Gasteiger partial charge < -0.3 is 16.0 Å². The Bertz CT molecular complexity index is 1130. The molecule has 3 heterocycles. The summed E-state index contributed by atoms with van der Waals surface area (Å²) in [5.74, 6) is -0.301. The third-order valence-electron chi connectivity index (χ3n) is 6.26. The normalized spacial score (nSPS) is 17.9. The SMILES string of the molecule is C[C@@H](Nc1c(C(N)=O)cnn2cc(N3CC(c4ccccc4)CC3=O)cc12)C(C)(C)C. The number of fused-ring (bicyclic) bond motifs is 1. The Labute approximate surface area is 182 Å². The molecule has 3 aromatic rings. The van der Waals surface area contributed by atoms with Crippen molar-refractivity contribution >= 4 is 28.7 Å². The van der Waals surface area contributed by atoms with Crippen molar-refractivity contribution in [3.8, 4) is 0 Å². The first-order valence-electron chi connectivity index (χ1n) is 10.6. The molecule has 7 nitrogen and oxygen atoms in total. The third-order valence-corrected chi connectivity index (χ3v) is 6.26. The van der Waals surface area contributed by atoms with E-state index in [0.717, 1.165) is 16.8 Å². The minimum Gasteiger partial charge on any atom is -0.380 e. The predicted molar refractivity (Wildman–Crippen MR) is 122 cm³/mol. The summed E-state index contributed by atoms with van der Waals surface area (Å²) in [7, 11) is 0. The summed E-state index contributed by atoms with van der Waals surface area (Å²) >= 11 is 0. The van der Waals surface area contributed by atoms with Crippen LogP contribution in [0.5, 0.6) is 0 Å². The van der Waals surface area contributed by atoms with Crippen LogP contribution < -0.4 is 16.0 Å². The van der Waals surface area contributed by atoms with Gasteiger partial charge in [0.1, 0.15) is 0 Å². The van der Waals surface area contributed by atoms with E-state index in [9.17, 15) is 9.59 Å². The number of carbonyl (C=O) groups is 2. The minimum atomic E-state index is -0.539. The molecule has 0 aliphatic carbocycles. The number of nitrogens with one attached hydrogen (secondary N) is 1. The fourth-order valence-corrected chi connectivity index (χ4v) is 3.87. The molecule has 162 valence electrons. The van der Waals surface area contributed by atoms with Crippen LogP contribution in [0.1, 0.15) is 56.0 Å². The van der Waals surface area contributed by atoms with E-state index >= 15 is 0 Å². The van der Waals surface area contributed by atoms with E-state index in [1.165, 1.54) is 6.20 Å². The van der Waals surface area contributed by atoms with Crippen molar-refractivity contribution in [3.63, 3.8) is 0 Å². The van der Waals surface area contributed by atoms with Gasteiger partial charge in [0.05, 0.1) is 34.8 Å². The maximum atomic E-state index is 12.8. The van der Waals surface area contributed by atoms with E-state index in [0.29, 0.717) is 24.2 Å². The van der Waals surface area contributed by atoms with Gasteiger partial charge in [0.25, 0.3) is 5.91 Å². The van der Waals surface area contributed by atoms with Crippen LogP contribution in [0.4, 0.5) is 11.4 Å². The van der Waals surface area contributed by atoms with Crippen molar-refractivity contribution < 1.29 is 9.59 Å². The largest absolute Gasteiger partial charge is 0.380 e. The van der Waals surface area contributed by atoms with E-state index in [4.69, 9.17) is 5.73 Å². The zero-order valence-corrected chi connectivity index (χ0v) is 18.4. The van der Waals surface area contributed by atoms with Gasteiger partial charge in [0.2, 0.25) is 5.91 Å². The number of amides is 2. The second-order valence-corrected chi connectivity index (χ2v) is 9.37. The highest BCUT2D eigenvalue weighted by molar-refractivity contribution is 6.03. The van der Waals surface area contributed by atoms with Gasteiger partial charge in [-0.05, 0) is 24.0 Å². The number of primary amides is 1. The lowest BCUT2D eigenvalue weighted by Gasteiger charge is -2.29. The molecule has 3 N–H and O–H groups in total. The van der Waals surface area contributed by atoms with Crippen LogP contribution in [-0.4, -0.2) is 34.0 Å². The van der Waals surface area contributed by atoms with Gasteiger partial charge in [0, 0.05) is 24.9 Å². The molecule has 1 aliphatic rings. The Kier molecular flexibility index (Phi) is 5.21. The Balaban J connectivity index is 1.72. The number of hydrogen-bond donors (Lipinski definition) is 2. The number of carbonyl (C=O) groups excluding carboxylic acids is 2. The summed E-state index contributed by atoms with van der Waals surface area (Å²) < 4.78 is 1.70. The second kappa shape index (κ2) is 7.72. The molecular weight excluding hydrogens is 390 g/mol. The minimum absolute atomic E-state index is 0.0293. The van der Waals surface area contributed by atoms with E-state index < -0.39 is 5.91 Å². The van der Waals surface area contributed by atoms with E-state index in [-0.39, 0.29) is 23.3 Å². The molecule has 1 fully saturated rings. The van der Waals surface area contributed by atoms with E-state index in [1.807, 2.05) is 30.5 Å². The summed E-state index contributed by atoms with van der Waals surface area (Å²) in [5.41, 5.74) is 9.23. The van der Waals surface area contributed by atoms with Crippen LogP contribution in [0.2, 0.25) is 0 Å². The molecule has 0 spiro atoms. The van der Waals surface area contributed by atoms with Gasteiger partial charge in [-0.3, -0.25) is 9.59 Å². The summed E-state index contributed by atoms with van der Waals surface area (Å²) in [5, 5.41) is 7.82. The van der Waals surface area contributed by atoms with Gasteiger partial charge in [-0.1, -0.05) is 51.1 Å². The molecule has 4 rings (SSSR count). The van der Waals surface area contributed by atoms with Crippen LogP contribution in [0.15, 0.2) is 48.8 Å². The first-order chi connectivity index (χ1) is 14.6.